The largest absolute Gasteiger partial charge is 0.308 e. The Balaban J connectivity index is 1.66. The number of nitrogens with zero attached hydrogens (tertiary/aromatic N) is 2. The number of benzene rings is 1. The minimum absolute atomic E-state index is 0.630. The molecule has 0 amide bonds. The molecule has 2 atom stereocenters. The van der Waals surface area contributed by atoms with E-state index in [1.165, 1.54) is 32.1 Å². The van der Waals surface area contributed by atoms with Gasteiger partial charge in [0.15, 0.2) is 0 Å². The molecule has 1 saturated carbocycles. The molecule has 1 aromatic heterocycles. The summed E-state index contributed by atoms with van der Waals surface area (Å²) in [4.78, 5) is 9.16. The van der Waals surface area contributed by atoms with Crippen molar-refractivity contribution < 1.29 is 0 Å². The van der Waals surface area contributed by atoms with E-state index in [4.69, 9.17) is 0 Å². The van der Waals surface area contributed by atoms with E-state index in [0.29, 0.717) is 6.04 Å². The van der Waals surface area contributed by atoms with Crippen LogP contribution < -0.4 is 5.32 Å². The second-order valence-corrected chi connectivity index (χ2v) is 5.95. The predicted octanol–water partition coefficient (Wildman–Crippen LogP) is 3.69. The van der Waals surface area contributed by atoms with Crippen molar-refractivity contribution in [2.45, 2.75) is 51.6 Å². The van der Waals surface area contributed by atoms with Gasteiger partial charge in [0.2, 0.25) is 0 Å². The molecule has 106 valence electrons. The van der Waals surface area contributed by atoms with Crippen molar-refractivity contribution in [3.05, 3.63) is 36.2 Å². The van der Waals surface area contributed by atoms with E-state index in [1.807, 2.05) is 30.5 Å². The highest BCUT2D eigenvalue weighted by molar-refractivity contribution is 5.73. The third-order valence-electron chi connectivity index (χ3n) is 4.41. The van der Waals surface area contributed by atoms with E-state index in [0.717, 1.165) is 29.2 Å². The van der Waals surface area contributed by atoms with Gasteiger partial charge in [-0.1, -0.05) is 38.3 Å². The Morgan fingerprint density at radius 1 is 1.10 bits per heavy atom. The molecule has 2 unspecified atom stereocenters. The van der Waals surface area contributed by atoms with Crippen molar-refractivity contribution in [3.63, 3.8) is 0 Å². The van der Waals surface area contributed by atoms with Crippen LogP contribution in [0.25, 0.3) is 11.0 Å². The Morgan fingerprint density at radius 2 is 1.90 bits per heavy atom. The van der Waals surface area contributed by atoms with Gasteiger partial charge in [-0.3, -0.25) is 4.98 Å². The lowest BCUT2D eigenvalue weighted by Gasteiger charge is -2.22. The van der Waals surface area contributed by atoms with E-state index in [2.05, 4.69) is 22.2 Å². The molecule has 3 rings (SSSR count). The van der Waals surface area contributed by atoms with Gasteiger partial charge in [-0.15, -0.1) is 0 Å². The fourth-order valence-electron chi connectivity index (χ4n) is 3.11. The first kappa shape index (κ1) is 13.5. The van der Waals surface area contributed by atoms with E-state index >= 15 is 0 Å². The van der Waals surface area contributed by atoms with Gasteiger partial charge in [0.1, 0.15) is 0 Å². The molecule has 2 aromatic rings. The Morgan fingerprint density at radius 3 is 2.80 bits per heavy atom. The maximum Gasteiger partial charge on any atom is 0.0890 e. The lowest BCUT2D eigenvalue weighted by molar-refractivity contribution is 0.354. The van der Waals surface area contributed by atoms with Crippen molar-refractivity contribution >= 4 is 11.0 Å². The number of nitrogens with one attached hydrogen (secondary N) is 1. The molecule has 1 N–H and O–H groups in total. The summed E-state index contributed by atoms with van der Waals surface area (Å²) >= 11 is 0. The van der Waals surface area contributed by atoms with Crippen molar-refractivity contribution in [2.24, 2.45) is 5.92 Å². The summed E-state index contributed by atoms with van der Waals surface area (Å²) < 4.78 is 0. The summed E-state index contributed by atoms with van der Waals surface area (Å²) in [6.45, 7) is 3.20. The fourth-order valence-corrected chi connectivity index (χ4v) is 3.11. The number of para-hydroxylation sites is 2. The Kier molecular flexibility index (Phi) is 4.26. The zero-order chi connectivity index (χ0) is 13.8. The van der Waals surface area contributed by atoms with Crippen LogP contribution in [0, 0.1) is 5.92 Å². The molecule has 1 heterocycles. The van der Waals surface area contributed by atoms with Crippen LogP contribution in [0.4, 0.5) is 0 Å². The van der Waals surface area contributed by atoms with Gasteiger partial charge < -0.3 is 5.32 Å². The highest BCUT2D eigenvalue weighted by atomic mass is 14.9. The maximum atomic E-state index is 4.68. The molecular weight excluding hydrogens is 246 g/mol. The molecule has 0 aliphatic heterocycles. The first-order chi connectivity index (χ1) is 9.83. The van der Waals surface area contributed by atoms with Gasteiger partial charge in [0.25, 0.3) is 0 Å². The zero-order valence-electron chi connectivity index (χ0n) is 12.2. The fraction of sp³-hybridized carbons (Fsp3) is 0.529. The van der Waals surface area contributed by atoms with Crippen molar-refractivity contribution in [1.82, 2.24) is 15.3 Å². The predicted molar refractivity (Wildman–Crippen MR) is 82.4 cm³/mol. The summed E-state index contributed by atoms with van der Waals surface area (Å²) in [6.07, 6.45) is 8.67. The Labute approximate surface area is 120 Å². The first-order valence-corrected chi connectivity index (χ1v) is 7.77. The molecule has 1 fully saturated rings. The molecule has 0 radical (unpaired) electrons. The average Bonchev–Trinajstić information content (AvgIpc) is 2.69. The number of fused-ring (bicyclic) bond motifs is 1. The number of rotatable bonds is 3. The van der Waals surface area contributed by atoms with Gasteiger partial charge in [0.05, 0.1) is 22.9 Å². The van der Waals surface area contributed by atoms with Crippen LogP contribution in [0.5, 0.6) is 0 Å². The molecule has 1 aliphatic rings. The summed E-state index contributed by atoms with van der Waals surface area (Å²) in [5.74, 6) is 0.769. The van der Waals surface area contributed by atoms with Crippen LogP contribution in [0.2, 0.25) is 0 Å². The monoisotopic (exact) mass is 269 g/mol. The molecule has 0 saturated heterocycles. The third-order valence-corrected chi connectivity index (χ3v) is 4.41. The molecule has 1 aliphatic carbocycles. The first-order valence-electron chi connectivity index (χ1n) is 7.77. The van der Waals surface area contributed by atoms with Gasteiger partial charge in [-0.2, -0.15) is 0 Å². The van der Waals surface area contributed by atoms with Gasteiger partial charge in [-0.25, -0.2) is 4.98 Å². The number of aromatic nitrogens is 2. The van der Waals surface area contributed by atoms with Crippen molar-refractivity contribution in [1.29, 1.82) is 0 Å². The lowest BCUT2D eigenvalue weighted by Crippen LogP contribution is -2.34. The van der Waals surface area contributed by atoms with E-state index in [9.17, 15) is 0 Å². The quantitative estimate of drug-likeness (QED) is 0.864. The highest BCUT2D eigenvalue weighted by Crippen LogP contribution is 2.23. The number of hydrogen-bond acceptors (Lipinski definition) is 3. The smallest absolute Gasteiger partial charge is 0.0890 e. The molecule has 0 spiro atoms. The van der Waals surface area contributed by atoms with E-state index in [-0.39, 0.29) is 0 Å². The number of hydrogen-bond donors (Lipinski definition) is 1. The molecule has 3 nitrogen and oxygen atoms in total. The molecular formula is C17H23N3. The van der Waals surface area contributed by atoms with E-state index in [1.54, 1.807) is 0 Å². The van der Waals surface area contributed by atoms with Crippen LogP contribution in [-0.4, -0.2) is 16.0 Å². The minimum Gasteiger partial charge on any atom is -0.308 e. The molecule has 0 bridgehead atoms. The zero-order valence-corrected chi connectivity index (χ0v) is 12.2. The van der Waals surface area contributed by atoms with Crippen molar-refractivity contribution in [3.8, 4) is 0 Å². The average molecular weight is 269 g/mol. The van der Waals surface area contributed by atoms with Crippen LogP contribution in [-0.2, 0) is 6.54 Å². The van der Waals surface area contributed by atoms with Gasteiger partial charge in [0, 0.05) is 12.6 Å². The topological polar surface area (TPSA) is 37.8 Å². The summed E-state index contributed by atoms with van der Waals surface area (Å²) in [5, 5.41) is 3.69. The molecule has 20 heavy (non-hydrogen) atoms. The van der Waals surface area contributed by atoms with E-state index < -0.39 is 0 Å². The summed E-state index contributed by atoms with van der Waals surface area (Å²) in [6, 6.07) is 8.68. The van der Waals surface area contributed by atoms with Crippen LogP contribution in [0.1, 0.15) is 44.7 Å². The van der Waals surface area contributed by atoms with Crippen LogP contribution in [0.3, 0.4) is 0 Å². The third kappa shape index (κ3) is 3.15. The van der Waals surface area contributed by atoms with Crippen molar-refractivity contribution in [2.75, 3.05) is 0 Å². The SMILES string of the molecule is CC1CCCCCC1NCc1cnc2ccccc2n1. The summed E-state index contributed by atoms with van der Waals surface area (Å²) in [7, 11) is 0. The Bertz CT molecular complexity index is 567. The normalized spacial score (nSPS) is 23.6. The maximum absolute atomic E-state index is 4.68. The standard InChI is InChI=1S/C17H23N3/c1-13-7-3-2-4-8-15(13)18-11-14-12-19-16-9-5-6-10-17(16)20-14/h5-6,9-10,12-13,15,18H,2-4,7-8,11H2,1H3. The van der Waals surface area contributed by atoms with Crippen LogP contribution >= 0.6 is 0 Å². The minimum atomic E-state index is 0.630. The highest BCUT2D eigenvalue weighted by Gasteiger charge is 2.19. The van der Waals surface area contributed by atoms with Gasteiger partial charge in [-0.05, 0) is 30.9 Å². The summed E-state index contributed by atoms with van der Waals surface area (Å²) in [5.41, 5.74) is 3.00. The molecule has 1 aromatic carbocycles. The second kappa shape index (κ2) is 6.31. The van der Waals surface area contributed by atoms with Gasteiger partial charge >= 0.3 is 0 Å². The van der Waals surface area contributed by atoms with Crippen LogP contribution in [0.15, 0.2) is 30.5 Å². The second-order valence-electron chi connectivity index (χ2n) is 5.95. The Hall–Kier alpha value is -1.48. The lowest BCUT2D eigenvalue weighted by atomic mass is 9.97. The molecule has 3 heteroatoms.